The van der Waals surface area contributed by atoms with Gasteiger partial charge in [0.2, 0.25) is 10.0 Å². The van der Waals surface area contributed by atoms with Crippen molar-refractivity contribution in [3.05, 3.63) is 34.3 Å². The van der Waals surface area contributed by atoms with E-state index in [0.717, 1.165) is 22.9 Å². The molecule has 0 unspecified atom stereocenters. The molecule has 0 amide bonds. The van der Waals surface area contributed by atoms with Crippen molar-refractivity contribution in [3.8, 4) is 0 Å². The van der Waals surface area contributed by atoms with E-state index in [4.69, 9.17) is 0 Å². The molecule has 0 heterocycles. The van der Waals surface area contributed by atoms with Gasteiger partial charge in [0.25, 0.3) is 0 Å². The molecule has 82 valence electrons. The van der Waals surface area contributed by atoms with Gasteiger partial charge in [-0.05, 0) is 30.5 Å². The van der Waals surface area contributed by atoms with Crippen LogP contribution >= 0.6 is 15.9 Å². The van der Waals surface area contributed by atoms with Gasteiger partial charge in [-0.2, -0.15) is 0 Å². The van der Waals surface area contributed by atoms with Crippen LogP contribution in [0.4, 0.5) is 0 Å². The molecule has 2 rings (SSSR count). The van der Waals surface area contributed by atoms with Gasteiger partial charge in [-0.1, -0.05) is 28.1 Å². The van der Waals surface area contributed by atoms with E-state index < -0.39 is 10.0 Å². The van der Waals surface area contributed by atoms with Crippen LogP contribution in [0.1, 0.15) is 18.4 Å². The number of sulfonamides is 1. The Labute approximate surface area is 98.1 Å². The van der Waals surface area contributed by atoms with Crippen molar-refractivity contribution in [3.63, 3.8) is 0 Å². The maximum absolute atomic E-state index is 11.5. The van der Waals surface area contributed by atoms with E-state index in [1.54, 1.807) is 0 Å². The van der Waals surface area contributed by atoms with Crippen LogP contribution in [0.5, 0.6) is 0 Å². The zero-order valence-electron chi connectivity index (χ0n) is 8.11. The second-order valence-electron chi connectivity index (χ2n) is 3.69. The number of benzene rings is 1. The Hall–Kier alpha value is -0.390. The number of nitrogens with one attached hydrogen (secondary N) is 1. The molecule has 0 aromatic heterocycles. The number of hydrogen-bond acceptors (Lipinski definition) is 2. The first kappa shape index (κ1) is 11.1. The Kier molecular flexibility index (Phi) is 3.13. The summed E-state index contributed by atoms with van der Waals surface area (Å²) in [4.78, 5) is 0. The highest BCUT2D eigenvalue weighted by Crippen LogP contribution is 2.27. The summed E-state index contributed by atoms with van der Waals surface area (Å²) in [6.45, 7) is 0.381. The Balaban J connectivity index is 1.95. The molecule has 0 atom stereocenters. The minimum Gasteiger partial charge on any atom is -0.212 e. The molecular formula is C10H12BrNO2S. The van der Waals surface area contributed by atoms with Gasteiger partial charge in [0, 0.05) is 11.0 Å². The second-order valence-corrected chi connectivity index (χ2v) is 6.65. The third-order valence-corrected chi connectivity index (χ3v) is 4.78. The Morgan fingerprint density at radius 1 is 1.27 bits per heavy atom. The molecule has 1 aliphatic carbocycles. The standard InChI is InChI=1S/C10H12BrNO2S/c11-9-3-1-8(2-4-9)7-12-15(13,14)10-5-6-10/h1-4,10,12H,5-7H2. The van der Waals surface area contributed by atoms with Gasteiger partial charge >= 0.3 is 0 Å². The topological polar surface area (TPSA) is 46.2 Å². The van der Waals surface area contributed by atoms with Gasteiger partial charge in [-0.3, -0.25) is 0 Å². The lowest BCUT2D eigenvalue weighted by Crippen LogP contribution is -2.26. The van der Waals surface area contributed by atoms with E-state index in [1.807, 2.05) is 24.3 Å². The molecule has 1 fully saturated rings. The maximum Gasteiger partial charge on any atom is 0.214 e. The van der Waals surface area contributed by atoms with Crippen LogP contribution in [0.15, 0.2) is 28.7 Å². The van der Waals surface area contributed by atoms with E-state index >= 15 is 0 Å². The molecule has 5 heteroatoms. The van der Waals surface area contributed by atoms with Crippen molar-refractivity contribution in [2.24, 2.45) is 0 Å². The Morgan fingerprint density at radius 3 is 2.40 bits per heavy atom. The monoisotopic (exact) mass is 289 g/mol. The zero-order valence-corrected chi connectivity index (χ0v) is 10.5. The van der Waals surface area contributed by atoms with Crippen LogP contribution in [0, 0.1) is 0 Å². The summed E-state index contributed by atoms with van der Waals surface area (Å²) in [6, 6.07) is 7.61. The van der Waals surface area contributed by atoms with E-state index in [9.17, 15) is 8.42 Å². The summed E-state index contributed by atoms with van der Waals surface area (Å²) in [5.74, 6) is 0. The van der Waals surface area contributed by atoms with E-state index in [2.05, 4.69) is 20.7 Å². The first-order chi connectivity index (χ1) is 7.08. The second kappa shape index (κ2) is 4.23. The summed E-state index contributed by atoms with van der Waals surface area (Å²) in [5.41, 5.74) is 0.974. The first-order valence-corrected chi connectivity index (χ1v) is 7.15. The van der Waals surface area contributed by atoms with E-state index in [-0.39, 0.29) is 5.25 Å². The van der Waals surface area contributed by atoms with Gasteiger partial charge < -0.3 is 0 Å². The SMILES string of the molecule is O=S(=O)(NCc1ccc(Br)cc1)C1CC1. The number of halogens is 1. The highest BCUT2D eigenvalue weighted by molar-refractivity contribution is 9.10. The lowest BCUT2D eigenvalue weighted by atomic mass is 10.2. The molecule has 0 radical (unpaired) electrons. The van der Waals surface area contributed by atoms with Crippen molar-refractivity contribution in [2.45, 2.75) is 24.6 Å². The van der Waals surface area contributed by atoms with Crippen LogP contribution in [0.2, 0.25) is 0 Å². The van der Waals surface area contributed by atoms with Crippen LogP contribution in [-0.2, 0) is 16.6 Å². The third-order valence-electron chi connectivity index (χ3n) is 2.35. The molecule has 0 saturated heterocycles. The largest absolute Gasteiger partial charge is 0.214 e. The van der Waals surface area contributed by atoms with Gasteiger partial charge in [0.15, 0.2) is 0 Å². The minimum atomic E-state index is -3.06. The van der Waals surface area contributed by atoms with Crippen molar-refractivity contribution in [1.29, 1.82) is 0 Å². The first-order valence-electron chi connectivity index (χ1n) is 4.81. The minimum absolute atomic E-state index is 0.145. The van der Waals surface area contributed by atoms with Crippen molar-refractivity contribution in [2.75, 3.05) is 0 Å². The van der Waals surface area contributed by atoms with E-state index in [1.165, 1.54) is 0 Å². The van der Waals surface area contributed by atoms with Gasteiger partial charge in [-0.25, -0.2) is 13.1 Å². The number of rotatable bonds is 4. The average molecular weight is 290 g/mol. The quantitative estimate of drug-likeness (QED) is 0.922. The lowest BCUT2D eigenvalue weighted by molar-refractivity contribution is 0.580. The molecule has 15 heavy (non-hydrogen) atoms. The lowest BCUT2D eigenvalue weighted by Gasteiger charge is -2.05. The fourth-order valence-corrected chi connectivity index (χ4v) is 2.91. The molecule has 0 bridgehead atoms. The molecular weight excluding hydrogens is 278 g/mol. The Bertz CT molecular complexity index is 437. The van der Waals surface area contributed by atoms with Crippen LogP contribution in [0.3, 0.4) is 0 Å². The number of hydrogen-bond donors (Lipinski definition) is 1. The molecule has 1 aromatic carbocycles. The molecule has 1 aromatic rings. The van der Waals surface area contributed by atoms with Crippen molar-refractivity contribution < 1.29 is 8.42 Å². The average Bonchev–Trinajstić information content (AvgIpc) is 3.00. The fraction of sp³-hybridized carbons (Fsp3) is 0.400. The van der Waals surface area contributed by atoms with Gasteiger partial charge in [0.1, 0.15) is 0 Å². The van der Waals surface area contributed by atoms with Crippen LogP contribution in [-0.4, -0.2) is 13.7 Å². The summed E-state index contributed by atoms with van der Waals surface area (Å²) < 4.78 is 26.6. The van der Waals surface area contributed by atoms with Crippen molar-refractivity contribution >= 4 is 26.0 Å². The van der Waals surface area contributed by atoms with Crippen molar-refractivity contribution in [1.82, 2.24) is 4.72 Å². The predicted octanol–water partition coefficient (Wildman–Crippen LogP) is 2.03. The smallest absolute Gasteiger partial charge is 0.212 e. The fourth-order valence-electron chi connectivity index (χ4n) is 1.28. The van der Waals surface area contributed by atoms with E-state index in [0.29, 0.717) is 6.54 Å². The van der Waals surface area contributed by atoms with Gasteiger partial charge in [-0.15, -0.1) is 0 Å². The molecule has 3 nitrogen and oxygen atoms in total. The zero-order chi connectivity index (χ0) is 10.9. The summed E-state index contributed by atoms with van der Waals surface area (Å²) in [7, 11) is -3.06. The third kappa shape index (κ3) is 3.03. The summed E-state index contributed by atoms with van der Waals surface area (Å²) >= 11 is 3.33. The Morgan fingerprint density at radius 2 is 1.87 bits per heavy atom. The molecule has 0 aliphatic heterocycles. The summed E-state index contributed by atoms with van der Waals surface area (Å²) in [6.07, 6.45) is 1.60. The molecule has 1 N–H and O–H groups in total. The van der Waals surface area contributed by atoms with Gasteiger partial charge in [0.05, 0.1) is 5.25 Å². The van der Waals surface area contributed by atoms with Crippen LogP contribution in [0.25, 0.3) is 0 Å². The highest BCUT2D eigenvalue weighted by atomic mass is 79.9. The molecule has 1 saturated carbocycles. The van der Waals surface area contributed by atoms with Crippen LogP contribution < -0.4 is 4.72 Å². The maximum atomic E-state index is 11.5. The molecule has 1 aliphatic rings. The predicted molar refractivity (Wildman–Crippen MR) is 62.9 cm³/mol. The summed E-state index contributed by atoms with van der Waals surface area (Å²) in [5, 5.41) is -0.145. The molecule has 0 spiro atoms. The highest BCUT2D eigenvalue weighted by Gasteiger charge is 2.35. The normalized spacial score (nSPS) is 16.6.